The highest BCUT2D eigenvalue weighted by atomic mass is 32.1. The maximum atomic E-state index is 13.1. The van der Waals surface area contributed by atoms with Crippen molar-refractivity contribution in [2.24, 2.45) is 0 Å². The Morgan fingerprint density at radius 3 is 2.30 bits per heavy atom. The second-order valence-corrected chi connectivity index (χ2v) is 8.56. The normalized spacial score (nSPS) is 18.7. The molecule has 0 spiro atoms. The van der Waals surface area contributed by atoms with Gasteiger partial charge < -0.3 is 4.90 Å². The summed E-state index contributed by atoms with van der Waals surface area (Å²) in [5, 5.41) is 0. The molecular weight excluding hydrogens is 355 g/mol. The SMILES string of the molecule is CC(C)=C(CCCN1CCN(c2ccc(F)cc2)CC1)C1=C(S)CCCC1. The number of nitrogens with zero attached hydrogens (tertiary/aromatic N) is 2. The predicted molar refractivity (Wildman–Crippen MR) is 117 cm³/mol. The van der Waals surface area contributed by atoms with Gasteiger partial charge in [0.1, 0.15) is 5.82 Å². The predicted octanol–water partition coefficient (Wildman–Crippen LogP) is 5.82. The number of rotatable bonds is 6. The number of thiol groups is 1. The molecule has 27 heavy (non-hydrogen) atoms. The van der Waals surface area contributed by atoms with Crippen molar-refractivity contribution in [2.75, 3.05) is 37.6 Å². The number of benzene rings is 1. The lowest BCUT2D eigenvalue weighted by atomic mass is 9.88. The maximum Gasteiger partial charge on any atom is 0.123 e. The molecule has 0 unspecified atom stereocenters. The molecule has 0 aromatic heterocycles. The summed E-state index contributed by atoms with van der Waals surface area (Å²) in [7, 11) is 0. The first-order valence-corrected chi connectivity index (χ1v) is 10.8. The van der Waals surface area contributed by atoms with E-state index >= 15 is 0 Å². The molecule has 1 heterocycles. The first-order valence-electron chi connectivity index (χ1n) is 10.3. The maximum absolute atomic E-state index is 13.1. The van der Waals surface area contributed by atoms with Crippen LogP contribution in [0.2, 0.25) is 0 Å². The molecule has 0 atom stereocenters. The monoisotopic (exact) mass is 388 g/mol. The third-order valence-electron chi connectivity index (χ3n) is 5.87. The molecule has 4 heteroatoms. The molecule has 0 radical (unpaired) electrons. The second-order valence-electron chi connectivity index (χ2n) is 8.02. The van der Waals surface area contributed by atoms with E-state index in [9.17, 15) is 4.39 Å². The van der Waals surface area contributed by atoms with Gasteiger partial charge in [-0.25, -0.2) is 4.39 Å². The highest BCUT2D eigenvalue weighted by Crippen LogP contribution is 2.35. The lowest BCUT2D eigenvalue weighted by Crippen LogP contribution is -2.46. The quantitative estimate of drug-likeness (QED) is 0.613. The first kappa shape index (κ1) is 20.5. The van der Waals surface area contributed by atoms with Crippen molar-refractivity contribution in [2.45, 2.75) is 52.4 Å². The molecule has 1 aliphatic heterocycles. The van der Waals surface area contributed by atoms with E-state index in [2.05, 4.69) is 23.6 Å². The molecular formula is C23H33FN2S. The molecule has 3 rings (SSSR count). The molecule has 148 valence electrons. The summed E-state index contributed by atoms with van der Waals surface area (Å²) >= 11 is 4.77. The molecule has 2 nitrogen and oxygen atoms in total. The standard InChI is InChI=1S/C23H33FN2S/c1-18(2)21(22-6-3-4-8-23(22)27)7-5-13-25-14-16-26(17-15-25)20-11-9-19(24)10-12-20/h9-12,27H,3-8,13-17H2,1-2H3. The van der Waals surface area contributed by atoms with Crippen LogP contribution < -0.4 is 4.90 Å². The summed E-state index contributed by atoms with van der Waals surface area (Å²) in [5.41, 5.74) is 5.68. The Labute approximate surface area is 169 Å². The number of allylic oxidation sites excluding steroid dienone is 4. The van der Waals surface area contributed by atoms with Gasteiger partial charge in [-0.05, 0) is 99.2 Å². The van der Waals surface area contributed by atoms with E-state index in [0.29, 0.717) is 0 Å². The van der Waals surface area contributed by atoms with Crippen molar-refractivity contribution in [3.63, 3.8) is 0 Å². The fraction of sp³-hybridized carbons (Fsp3) is 0.565. The minimum atomic E-state index is -0.162. The molecule has 1 aromatic rings. The van der Waals surface area contributed by atoms with Crippen LogP contribution in [0.25, 0.3) is 0 Å². The minimum absolute atomic E-state index is 0.162. The van der Waals surface area contributed by atoms with Gasteiger partial charge in [0.05, 0.1) is 0 Å². The van der Waals surface area contributed by atoms with Gasteiger partial charge >= 0.3 is 0 Å². The van der Waals surface area contributed by atoms with E-state index in [-0.39, 0.29) is 5.82 Å². The van der Waals surface area contributed by atoms with Gasteiger partial charge in [0.15, 0.2) is 0 Å². The summed E-state index contributed by atoms with van der Waals surface area (Å²) in [5.74, 6) is -0.162. The van der Waals surface area contributed by atoms with Crippen LogP contribution in [0.3, 0.4) is 0 Å². The van der Waals surface area contributed by atoms with E-state index < -0.39 is 0 Å². The van der Waals surface area contributed by atoms with Gasteiger partial charge in [-0.15, -0.1) is 12.6 Å². The Balaban J connectivity index is 1.47. The van der Waals surface area contributed by atoms with E-state index in [1.807, 2.05) is 12.1 Å². The molecule has 1 aromatic carbocycles. The number of piperazine rings is 1. The van der Waals surface area contributed by atoms with Gasteiger partial charge in [0, 0.05) is 31.9 Å². The number of halogens is 1. The van der Waals surface area contributed by atoms with Crippen molar-refractivity contribution in [1.82, 2.24) is 4.90 Å². The summed E-state index contributed by atoms with van der Waals surface area (Å²) < 4.78 is 13.1. The first-order chi connectivity index (χ1) is 13.0. The Morgan fingerprint density at radius 1 is 1.00 bits per heavy atom. The van der Waals surface area contributed by atoms with Gasteiger partial charge in [-0.2, -0.15) is 0 Å². The zero-order valence-corrected chi connectivity index (χ0v) is 17.7. The van der Waals surface area contributed by atoms with Crippen molar-refractivity contribution >= 4 is 18.3 Å². The third-order valence-corrected chi connectivity index (χ3v) is 6.37. The van der Waals surface area contributed by atoms with Crippen LogP contribution in [0, 0.1) is 5.82 Å². The topological polar surface area (TPSA) is 6.48 Å². The number of anilines is 1. The smallest absolute Gasteiger partial charge is 0.123 e. The summed E-state index contributed by atoms with van der Waals surface area (Å²) in [6.07, 6.45) is 7.33. The van der Waals surface area contributed by atoms with Crippen molar-refractivity contribution in [3.05, 3.63) is 51.7 Å². The van der Waals surface area contributed by atoms with Crippen LogP contribution in [-0.4, -0.2) is 37.6 Å². The molecule has 0 N–H and O–H groups in total. The van der Waals surface area contributed by atoms with Crippen LogP contribution in [0.4, 0.5) is 10.1 Å². The van der Waals surface area contributed by atoms with Crippen molar-refractivity contribution in [1.29, 1.82) is 0 Å². The van der Waals surface area contributed by atoms with E-state index in [1.165, 1.54) is 48.2 Å². The fourth-order valence-corrected chi connectivity index (χ4v) is 4.68. The van der Waals surface area contributed by atoms with Crippen LogP contribution in [0.1, 0.15) is 52.4 Å². The van der Waals surface area contributed by atoms with Gasteiger partial charge in [-0.3, -0.25) is 4.90 Å². The molecule has 1 fully saturated rings. The fourth-order valence-electron chi connectivity index (χ4n) is 4.28. The molecule has 1 aliphatic carbocycles. The van der Waals surface area contributed by atoms with Crippen LogP contribution in [-0.2, 0) is 0 Å². The van der Waals surface area contributed by atoms with Crippen LogP contribution in [0.15, 0.2) is 45.9 Å². The van der Waals surface area contributed by atoms with E-state index in [0.717, 1.165) is 44.8 Å². The van der Waals surface area contributed by atoms with Crippen molar-refractivity contribution < 1.29 is 4.39 Å². The molecule has 2 aliphatic rings. The Kier molecular flexibility index (Phi) is 7.42. The Bertz CT molecular complexity index is 681. The Morgan fingerprint density at radius 2 is 1.67 bits per heavy atom. The second kappa shape index (κ2) is 9.79. The summed E-state index contributed by atoms with van der Waals surface area (Å²) in [6, 6.07) is 6.88. The van der Waals surface area contributed by atoms with Gasteiger partial charge in [-0.1, -0.05) is 5.57 Å². The molecule has 0 amide bonds. The average Bonchev–Trinajstić information content (AvgIpc) is 2.67. The number of hydrogen-bond acceptors (Lipinski definition) is 3. The van der Waals surface area contributed by atoms with Crippen LogP contribution >= 0.6 is 12.6 Å². The largest absolute Gasteiger partial charge is 0.369 e. The minimum Gasteiger partial charge on any atom is -0.369 e. The third kappa shape index (κ3) is 5.61. The molecule has 0 saturated carbocycles. The van der Waals surface area contributed by atoms with Crippen LogP contribution in [0.5, 0.6) is 0 Å². The van der Waals surface area contributed by atoms with E-state index in [4.69, 9.17) is 12.6 Å². The summed E-state index contributed by atoms with van der Waals surface area (Å²) in [4.78, 5) is 6.25. The highest BCUT2D eigenvalue weighted by molar-refractivity contribution is 7.84. The van der Waals surface area contributed by atoms with Gasteiger partial charge in [0.2, 0.25) is 0 Å². The zero-order chi connectivity index (χ0) is 19.2. The van der Waals surface area contributed by atoms with E-state index in [1.54, 1.807) is 17.7 Å². The lowest BCUT2D eigenvalue weighted by Gasteiger charge is -2.36. The molecule has 1 saturated heterocycles. The average molecular weight is 389 g/mol. The lowest BCUT2D eigenvalue weighted by molar-refractivity contribution is 0.255. The highest BCUT2D eigenvalue weighted by Gasteiger charge is 2.18. The van der Waals surface area contributed by atoms with Gasteiger partial charge in [0.25, 0.3) is 0 Å². The summed E-state index contributed by atoms with van der Waals surface area (Å²) in [6.45, 7) is 9.87. The Hall–Kier alpha value is -1.26. The number of hydrogen-bond donors (Lipinski definition) is 1. The zero-order valence-electron chi connectivity index (χ0n) is 16.8. The van der Waals surface area contributed by atoms with Crippen molar-refractivity contribution in [3.8, 4) is 0 Å². The molecule has 0 bridgehead atoms.